The monoisotopic (exact) mass is 235 g/mol. The molecule has 1 aromatic carbocycles. The van der Waals surface area contributed by atoms with E-state index in [2.05, 4.69) is 44.3 Å². The summed E-state index contributed by atoms with van der Waals surface area (Å²) in [6, 6.07) is 8.37. The van der Waals surface area contributed by atoms with E-state index in [1.807, 2.05) is 6.07 Å². The average molecular weight is 235 g/mol. The second-order valence-electron chi connectivity index (χ2n) is 4.54. The molecular weight excluding hydrogens is 210 g/mol. The van der Waals surface area contributed by atoms with Crippen LogP contribution < -0.4 is 10.1 Å². The second-order valence-corrected chi connectivity index (χ2v) is 4.54. The number of benzene rings is 1. The molecule has 1 rings (SSSR count). The van der Waals surface area contributed by atoms with Crippen LogP contribution in [0.5, 0.6) is 5.75 Å². The van der Waals surface area contributed by atoms with Crippen molar-refractivity contribution >= 4 is 0 Å². The maximum absolute atomic E-state index is 5.47. The van der Waals surface area contributed by atoms with Crippen molar-refractivity contribution < 1.29 is 4.74 Å². The molecule has 2 nitrogen and oxygen atoms in total. The fourth-order valence-electron chi connectivity index (χ4n) is 2.17. The molecule has 0 radical (unpaired) electrons. The molecule has 0 saturated carbocycles. The quantitative estimate of drug-likeness (QED) is 0.781. The Morgan fingerprint density at radius 2 is 1.94 bits per heavy atom. The molecule has 0 spiro atoms. The van der Waals surface area contributed by atoms with E-state index in [9.17, 15) is 0 Å². The van der Waals surface area contributed by atoms with Crippen molar-refractivity contribution in [2.75, 3.05) is 20.2 Å². The lowest BCUT2D eigenvalue weighted by atomic mass is 9.85. The van der Waals surface area contributed by atoms with Gasteiger partial charge >= 0.3 is 0 Å². The molecule has 2 heteroatoms. The van der Waals surface area contributed by atoms with E-state index in [4.69, 9.17) is 4.74 Å². The van der Waals surface area contributed by atoms with Gasteiger partial charge in [-0.25, -0.2) is 0 Å². The number of rotatable bonds is 7. The van der Waals surface area contributed by atoms with E-state index >= 15 is 0 Å². The van der Waals surface area contributed by atoms with E-state index in [0.717, 1.165) is 18.8 Å². The van der Waals surface area contributed by atoms with Crippen LogP contribution in [0.4, 0.5) is 0 Å². The van der Waals surface area contributed by atoms with Crippen LogP contribution in [0.15, 0.2) is 24.3 Å². The Morgan fingerprint density at radius 1 is 1.24 bits per heavy atom. The van der Waals surface area contributed by atoms with Gasteiger partial charge in [-0.3, -0.25) is 0 Å². The molecular formula is C15H25NO. The standard InChI is InChI=1S/C15H25NO/c1-5-12(3)14(11-16-6-2)13-9-7-8-10-15(13)17-4/h7-10,12,14,16H,5-6,11H2,1-4H3. The maximum Gasteiger partial charge on any atom is 0.122 e. The molecule has 0 fully saturated rings. The van der Waals surface area contributed by atoms with E-state index in [0.29, 0.717) is 11.8 Å². The first-order valence-electron chi connectivity index (χ1n) is 6.58. The van der Waals surface area contributed by atoms with Gasteiger partial charge in [0.25, 0.3) is 0 Å². The molecule has 1 N–H and O–H groups in total. The Hall–Kier alpha value is -1.02. The first kappa shape index (κ1) is 14.0. The van der Waals surface area contributed by atoms with Crippen LogP contribution in [0.25, 0.3) is 0 Å². The minimum atomic E-state index is 0.524. The Bertz CT molecular complexity index is 324. The molecule has 0 heterocycles. The van der Waals surface area contributed by atoms with Gasteiger partial charge in [0, 0.05) is 12.5 Å². The third kappa shape index (κ3) is 3.74. The molecule has 2 unspecified atom stereocenters. The fourth-order valence-corrected chi connectivity index (χ4v) is 2.17. The van der Waals surface area contributed by atoms with Crippen molar-refractivity contribution in [2.45, 2.75) is 33.1 Å². The average Bonchev–Trinajstić information content (AvgIpc) is 2.39. The zero-order valence-electron chi connectivity index (χ0n) is 11.5. The summed E-state index contributed by atoms with van der Waals surface area (Å²) >= 11 is 0. The van der Waals surface area contributed by atoms with Crippen molar-refractivity contribution in [3.63, 3.8) is 0 Å². The minimum absolute atomic E-state index is 0.524. The lowest BCUT2D eigenvalue weighted by Gasteiger charge is -2.25. The summed E-state index contributed by atoms with van der Waals surface area (Å²) in [5, 5.41) is 3.46. The van der Waals surface area contributed by atoms with Crippen LogP contribution in [-0.2, 0) is 0 Å². The smallest absolute Gasteiger partial charge is 0.122 e. The Morgan fingerprint density at radius 3 is 2.53 bits per heavy atom. The third-order valence-corrected chi connectivity index (χ3v) is 3.48. The fraction of sp³-hybridized carbons (Fsp3) is 0.600. The molecule has 0 aliphatic carbocycles. The van der Waals surface area contributed by atoms with E-state index in [1.165, 1.54) is 12.0 Å². The molecule has 0 amide bonds. The van der Waals surface area contributed by atoms with Crippen molar-refractivity contribution in [2.24, 2.45) is 5.92 Å². The number of likely N-dealkylation sites (N-methyl/N-ethyl adjacent to an activating group) is 1. The van der Waals surface area contributed by atoms with E-state index in [-0.39, 0.29) is 0 Å². The summed E-state index contributed by atoms with van der Waals surface area (Å²) in [4.78, 5) is 0. The summed E-state index contributed by atoms with van der Waals surface area (Å²) < 4.78 is 5.47. The van der Waals surface area contributed by atoms with Gasteiger partial charge in [-0.2, -0.15) is 0 Å². The highest BCUT2D eigenvalue weighted by atomic mass is 16.5. The number of hydrogen-bond acceptors (Lipinski definition) is 2. The number of nitrogens with one attached hydrogen (secondary N) is 1. The summed E-state index contributed by atoms with van der Waals surface area (Å²) in [6.07, 6.45) is 1.19. The van der Waals surface area contributed by atoms with Crippen molar-refractivity contribution in [1.29, 1.82) is 0 Å². The molecule has 2 atom stereocenters. The molecule has 0 aromatic heterocycles. The summed E-state index contributed by atoms with van der Waals surface area (Å²) in [5.74, 6) is 2.19. The molecule has 0 aliphatic heterocycles. The van der Waals surface area contributed by atoms with E-state index < -0.39 is 0 Å². The van der Waals surface area contributed by atoms with Crippen molar-refractivity contribution in [1.82, 2.24) is 5.32 Å². The zero-order valence-corrected chi connectivity index (χ0v) is 11.5. The van der Waals surface area contributed by atoms with Crippen molar-refractivity contribution in [3.05, 3.63) is 29.8 Å². The van der Waals surface area contributed by atoms with Crippen LogP contribution in [0.2, 0.25) is 0 Å². The topological polar surface area (TPSA) is 21.3 Å². The summed E-state index contributed by atoms with van der Waals surface area (Å²) in [7, 11) is 1.75. The Kier molecular flexibility index (Phi) is 6.06. The molecule has 0 aliphatic rings. The normalized spacial score (nSPS) is 14.4. The Labute approximate surface area is 105 Å². The third-order valence-electron chi connectivity index (χ3n) is 3.48. The lowest BCUT2D eigenvalue weighted by molar-refractivity contribution is 0.378. The minimum Gasteiger partial charge on any atom is -0.496 e. The summed E-state index contributed by atoms with van der Waals surface area (Å²) in [6.45, 7) is 8.75. The number of para-hydroxylation sites is 1. The van der Waals surface area contributed by atoms with Gasteiger partial charge in [0.05, 0.1) is 7.11 Å². The first-order chi connectivity index (χ1) is 8.24. The summed E-state index contributed by atoms with van der Waals surface area (Å²) in [5.41, 5.74) is 1.32. The van der Waals surface area contributed by atoms with Gasteiger partial charge in [-0.05, 0) is 24.1 Å². The maximum atomic E-state index is 5.47. The van der Waals surface area contributed by atoms with E-state index in [1.54, 1.807) is 7.11 Å². The number of methoxy groups -OCH3 is 1. The van der Waals surface area contributed by atoms with Crippen molar-refractivity contribution in [3.8, 4) is 5.75 Å². The molecule has 96 valence electrons. The van der Waals surface area contributed by atoms with Gasteiger partial charge in [-0.15, -0.1) is 0 Å². The zero-order chi connectivity index (χ0) is 12.7. The molecule has 0 bridgehead atoms. The van der Waals surface area contributed by atoms with Gasteiger partial charge in [0.2, 0.25) is 0 Å². The van der Waals surface area contributed by atoms with Crippen LogP contribution >= 0.6 is 0 Å². The SMILES string of the molecule is CCNCC(c1ccccc1OC)C(C)CC. The first-order valence-corrected chi connectivity index (χ1v) is 6.58. The highest BCUT2D eigenvalue weighted by Crippen LogP contribution is 2.32. The van der Waals surface area contributed by atoms with Crippen LogP contribution in [0, 0.1) is 5.92 Å². The lowest BCUT2D eigenvalue weighted by Crippen LogP contribution is -2.25. The van der Waals surface area contributed by atoms with Gasteiger partial charge in [0.1, 0.15) is 5.75 Å². The largest absolute Gasteiger partial charge is 0.496 e. The highest BCUT2D eigenvalue weighted by molar-refractivity contribution is 5.36. The van der Waals surface area contributed by atoms with Crippen LogP contribution in [0.1, 0.15) is 38.7 Å². The van der Waals surface area contributed by atoms with Gasteiger partial charge < -0.3 is 10.1 Å². The van der Waals surface area contributed by atoms with Crippen LogP contribution in [-0.4, -0.2) is 20.2 Å². The number of hydrogen-bond donors (Lipinski definition) is 1. The predicted molar refractivity (Wildman–Crippen MR) is 73.7 cm³/mol. The molecule has 0 saturated heterocycles. The van der Waals surface area contributed by atoms with Crippen LogP contribution in [0.3, 0.4) is 0 Å². The van der Waals surface area contributed by atoms with Gasteiger partial charge in [0.15, 0.2) is 0 Å². The predicted octanol–water partition coefficient (Wildman–Crippen LogP) is 3.43. The Balaban J connectivity index is 2.94. The second kappa shape index (κ2) is 7.33. The molecule has 1 aromatic rings. The van der Waals surface area contributed by atoms with Gasteiger partial charge in [-0.1, -0.05) is 45.4 Å². The molecule has 17 heavy (non-hydrogen) atoms. The number of ether oxygens (including phenoxy) is 1. The highest BCUT2D eigenvalue weighted by Gasteiger charge is 2.20.